The molecule has 0 spiro atoms. The summed E-state index contributed by atoms with van der Waals surface area (Å²) in [5, 5.41) is 9.73. The van der Waals surface area contributed by atoms with E-state index in [1.54, 1.807) is 7.05 Å². The molecule has 2 aliphatic heterocycles. The van der Waals surface area contributed by atoms with Gasteiger partial charge in [0.05, 0.1) is 0 Å². The first-order valence-electron chi connectivity index (χ1n) is 9.71. The van der Waals surface area contributed by atoms with Gasteiger partial charge < -0.3 is 20.9 Å². The molecule has 1 unspecified atom stereocenters. The van der Waals surface area contributed by atoms with Crippen molar-refractivity contribution < 1.29 is 4.79 Å². The number of piperidine rings is 1. The Morgan fingerprint density at radius 2 is 2.04 bits per heavy atom. The van der Waals surface area contributed by atoms with Crippen molar-refractivity contribution in [2.75, 3.05) is 45.1 Å². The van der Waals surface area contributed by atoms with Crippen LogP contribution in [0.2, 0.25) is 0 Å². The van der Waals surface area contributed by atoms with E-state index < -0.39 is 0 Å². The summed E-state index contributed by atoms with van der Waals surface area (Å²) in [5.74, 6) is 1.92. The SMILES string of the molecule is CN=C(NCCN1CCC(C)CC1)NCC1CC(=O)Nc2ccccc21. The Morgan fingerprint density at radius 1 is 1.27 bits per heavy atom. The molecule has 1 aromatic carbocycles. The Hall–Kier alpha value is -2.08. The van der Waals surface area contributed by atoms with Gasteiger partial charge >= 0.3 is 0 Å². The third-order valence-corrected chi connectivity index (χ3v) is 5.44. The van der Waals surface area contributed by atoms with Gasteiger partial charge in [-0.15, -0.1) is 0 Å². The third kappa shape index (κ3) is 4.97. The van der Waals surface area contributed by atoms with Gasteiger partial charge in [-0.3, -0.25) is 9.79 Å². The first-order valence-corrected chi connectivity index (χ1v) is 9.71. The van der Waals surface area contributed by atoms with Gasteiger partial charge in [-0.2, -0.15) is 0 Å². The topological polar surface area (TPSA) is 68.8 Å². The molecule has 2 aliphatic rings. The van der Waals surface area contributed by atoms with Crippen LogP contribution in [0.3, 0.4) is 0 Å². The second-order valence-electron chi connectivity index (χ2n) is 7.44. The number of nitrogens with zero attached hydrogens (tertiary/aromatic N) is 2. The Morgan fingerprint density at radius 3 is 2.81 bits per heavy atom. The second kappa shape index (κ2) is 9.03. The first kappa shape index (κ1) is 18.7. The van der Waals surface area contributed by atoms with Crippen LogP contribution in [0.15, 0.2) is 29.3 Å². The molecule has 142 valence electrons. The molecule has 0 radical (unpaired) electrons. The van der Waals surface area contributed by atoms with Crippen molar-refractivity contribution in [2.24, 2.45) is 10.9 Å². The number of amides is 1. The van der Waals surface area contributed by atoms with Crippen LogP contribution in [0.5, 0.6) is 0 Å². The fourth-order valence-electron chi connectivity index (χ4n) is 3.74. The smallest absolute Gasteiger partial charge is 0.225 e. The zero-order valence-electron chi connectivity index (χ0n) is 15.9. The van der Waals surface area contributed by atoms with Gasteiger partial charge in [-0.25, -0.2) is 0 Å². The van der Waals surface area contributed by atoms with Crippen molar-refractivity contribution in [3.63, 3.8) is 0 Å². The van der Waals surface area contributed by atoms with Crippen molar-refractivity contribution in [1.82, 2.24) is 15.5 Å². The van der Waals surface area contributed by atoms with Gasteiger partial charge in [0.1, 0.15) is 0 Å². The standard InChI is InChI=1S/C20H31N5O/c1-15-7-10-25(11-8-15)12-9-22-20(21-2)23-14-16-13-19(26)24-18-6-4-3-5-17(16)18/h3-6,15-16H,7-14H2,1-2H3,(H,24,26)(H2,21,22,23). The van der Waals surface area contributed by atoms with Crippen LogP contribution in [0.1, 0.15) is 37.7 Å². The zero-order chi connectivity index (χ0) is 18.4. The summed E-state index contributed by atoms with van der Waals surface area (Å²) in [7, 11) is 1.79. The lowest BCUT2D eigenvalue weighted by atomic mass is 9.90. The number of carbonyl (C=O) groups is 1. The molecule has 1 atom stereocenters. The average Bonchev–Trinajstić information content (AvgIpc) is 2.65. The summed E-state index contributed by atoms with van der Waals surface area (Å²) in [4.78, 5) is 18.8. The quantitative estimate of drug-likeness (QED) is 0.557. The Bertz CT molecular complexity index is 637. The van der Waals surface area contributed by atoms with E-state index >= 15 is 0 Å². The lowest BCUT2D eigenvalue weighted by molar-refractivity contribution is -0.116. The summed E-state index contributed by atoms with van der Waals surface area (Å²) < 4.78 is 0. The molecule has 6 nitrogen and oxygen atoms in total. The molecule has 3 rings (SSSR count). The molecule has 1 saturated heterocycles. The fraction of sp³-hybridized carbons (Fsp3) is 0.600. The highest BCUT2D eigenvalue weighted by Gasteiger charge is 2.24. The van der Waals surface area contributed by atoms with E-state index in [1.165, 1.54) is 31.5 Å². The van der Waals surface area contributed by atoms with E-state index in [4.69, 9.17) is 0 Å². The maximum Gasteiger partial charge on any atom is 0.225 e. The Labute approximate surface area is 156 Å². The highest BCUT2D eigenvalue weighted by atomic mass is 16.1. The minimum Gasteiger partial charge on any atom is -0.356 e. The minimum absolute atomic E-state index is 0.0813. The van der Waals surface area contributed by atoms with Gasteiger partial charge in [0.25, 0.3) is 0 Å². The fourth-order valence-corrected chi connectivity index (χ4v) is 3.74. The van der Waals surface area contributed by atoms with Crippen LogP contribution >= 0.6 is 0 Å². The number of aliphatic imine (C=N–C) groups is 1. The lowest BCUT2D eigenvalue weighted by Gasteiger charge is -2.30. The predicted octanol–water partition coefficient (Wildman–Crippen LogP) is 2.01. The molecule has 3 N–H and O–H groups in total. The molecule has 0 aliphatic carbocycles. The molecule has 1 fully saturated rings. The largest absolute Gasteiger partial charge is 0.356 e. The maximum absolute atomic E-state index is 11.9. The molecular weight excluding hydrogens is 326 g/mol. The summed E-state index contributed by atoms with van der Waals surface area (Å²) in [6.45, 7) is 7.36. The van der Waals surface area contributed by atoms with Crippen LogP contribution in [-0.4, -0.2) is 56.5 Å². The number of hydrogen-bond acceptors (Lipinski definition) is 3. The Balaban J connectivity index is 1.45. The molecule has 0 bridgehead atoms. The van der Waals surface area contributed by atoms with Gasteiger partial charge in [-0.05, 0) is 43.5 Å². The van der Waals surface area contributed by atoms with Crippen LogP contribution in [-0.2, 0) is 4.79 Å². The second-order valence-corrected chi connectivity index (χ2v) is 7.44. The molecule has 0 aromatic heterocycles. The third-order valence-electron chi connectivity index (χ3n) is 5.44. The summed E-state index contributed by atoms with van der Waals surface area (Å²) >= 11 is 0. The molecule has 0 saturated carbocycles. The number of benzene rings is 1. The normalized spacial score (nSPS) is 21.8. The van der Waals surface area contributed by atoms with Crippen molar-refractivity contribution >= 4 is 17.6 Å². The van der Waals surface area contributed by atoms with E-state index in [1.807, 2.05) is 18.2 Å². The predicted molar refractivity (Wildman–Crippen MR) is 107 cm³/mol. The van der Waals surface area contributed by atoms with E-state index in [0.29, 0.717) is 13.0 Å². The van der Waals surface area contributed by atoms with Crippen LogP contribution in [0.25, 0.3) is 0 Å². The van der Waals surface area contributed by atoms with Crippen molar-refractivity contribution in [3.8, 4) is 0 Å². The summed E-state index contributed by atoms with van der Waals surface area (Å²) in [6, 6.07) is 8.03. The number of anilines is 1. The molecule has 26 heavy (non-hydrogen) atoms. The first-order chi connectivity index (χ1) is 12.7. The monoisotopic (exact) mass is 357 g/mol. The van der Waals surface area contributed by atoms with Crippen LogP contribution in [0, 0.1) is 5.92 Å². The van der Waals surface area contributed by atoms with Gasteiger partial charge in [0, 0.05) is 44.7 Å². The zero-order valence-corrected chi connectivity index (χ0v) is 15.9. The minimum atomic E-state index is 0.0813. The summed E-state index contributed by atoms with van der Waals surface area (Å²) in [6.07, 6.45) is 3.11. The number of rotatable bonds is 5. The number of likely N-dealkylation sites (tertiary alicyclic amines) is 1. The molecular formula is C20H31N5O. The van der Waals surface area contributed by atoms with Crippen molar-refractivity contribution in [2.45, 2.75) is 32.1 Å². The average molecular weight is 358 g/mol. The van der Waals surface area contributed by atoms with E-state index in [9.17, 15) is 4.79 Å². The maximum atomic E-state index is 11.9. The number of fused-ring (bicyclic) bond motifs is 1. The number of nitrogens with one attached hydrogen (secondary N) is 3. The van der Waals surface area contributed by atoms with E-state index in [0.717, 1.165) is 30.7 Å². The number of carbonyl (C=O) groups excluding carboxylic acids is 1. The van der Waals surface area contributed by atoms with Gasteiger partial charge in [0.2, 0.25) is 5.91 Å². The highest BCUT2D eigenvalue weighted by molar-refractivity contribution is 5.94. The summed E-state index contributed by atoms with van der Waals surface area (Å²) in [5.41, 5.74) is 2.12. The van der Waals surface area contributed by atoms with Crippen molar-refractivity contribution in [1.29, 1.82) is 0 Å². The van der Waals surface area contributed by atoms with E-state index in [2.05, 4.69) is 38.8 Å². The number of para-hydroxylation sites is 1. The molecule has 1 amide bonds. The number of hydrogen-bond donors (Lipinski definition) is 3. The van der Waals surface area contributed by atoms with Crippen molar-refractivity contribution in [3.05, 3.63) is 29.8 Å². The Kier molecular flexibility index (Phi) is 6.50. The lowest BCUT2D eigenvalue weighted by Crippen LogP contribution is -2.44. The highest BCUT2D eigenvalue weighted by Crippen LogP contribution is 2.31. The van der Waals surface area contributed by atoms with Crippen LogP contribution < -0.4 is 16.0 Å². The van der Waals surface area contributed by atoms with Gasteiger partial charge in [0.15, 0.2) is 5.96 Å². The van der Waals surface area contributed by atoms with Crippen LogP contribution in [0.4, 0.5) is 5.69 Å². The molecule has 6 heteroatoms. The van der Waals surface area contributed by atoms with E-state index in [-0.39, 0.29) is 11.8 Å². The molecule has 2 heterocycles. The van der Waals surface area contributed by atoms with Gasteiger partial charge in [-0.1, -0.05) is 25.1 Å². The molecule has 1 aromatic rings. The number of guanidine groups is 1.